The maximum Gasteiger partial charge on any atom is 0.0438 e. The normalized spacial score (nSPS) is 18.0. The Morgan fingerprint density at radius 2 is 1.95 bits per heavy atom. The molecule has 0 heterocycles. The smallest absolute Gasteiger partial charge is 0.0438 e. The molecular formula is C19H22ClN. The SMILES string of the molecule is CCNC(c1cc(C)c(Cl)cc1C)C1Cc2ccccc21. The van der Waals surface area contributed by atoms with Gasteiger partial charge in [0.1, 0.15) is 0 Å². The van der Waals surface area contributed by atoms with Crippen LogP contribution in [0, 0.1) is 13.8 Å². The van der Waals surface area contributed by atoms with E-state index in [1.165, 1.54) is 22.3 Å². The second-order valence-electron chi connectivity index (χ2n) is 6.00. The van der Waals surface area contributed by atoms with Gasteiger partial charge in [0.25, 0.3) is 0 Å². The molecule has 2 unspecified atom stereocenters. The van der Waals surface area contributed by atoms with Crippen molar-refractivity contribution in [2.75, 3.05) is 6.54 Å². The van der Waals surface area contributed by atoms with E-state index in [4.69, 9.17) is 11.6 Å². The van der Waals surface area contributed by atoms with Crippen molar-refractivity contribution in [2.24, 2.45) is 0 Å². The predicted octanol–water partition coefficient (Wildman–Crippen LogP) is 4.95. The lowest BCUT2D eigenvalue weighted by Crippen LogP contribution is -2.33. The lowest BCUT2D eigenvalue weighted by Gasteiger charge is -2.38. The molecule has 2 atom stereocenters. The van der Waals surface area contributed by atoms with Crippen molar-refractivity contribution in [2.45, 2.75) is 39.2 Å². The summed E-state index contributed by atoms with van der Waals surface area (Å²) in [7, 11) is 0. The number of halogens is 1. The number of fused-ring (bicyclic) bond motifs is 1. The van der Waals surface area contributed by atoms with Gasteiger partial charge in [-0.1, -0.05) is 48.9 Å². The molecular weight excluding hydrogens is 278 g/mol. The van der Waals surface area contributed by atoms with Crippen molar-refractivity contribution < 1.29 is 0 Å². The van der Waals surface area contributed by atoms with Crippen molar-refractivity contribution in [1.29, 1.82) is 0 Å². The first-order valence-electron chi connectivity index (χ1n) is 7.69. The van der Waals surface area contributed by atoms with Crippen LogP contribution in [-0.2, 0) is 6.42 Å². The maximum absolute atomic E-state index is 6.26. The quantitative estimate of drug-likeness (QED) is 0.842. The van der Waals surface area contributed by atoms with E-state index >= 15 is 0 Å². The zero-order valence-corrected chi connectivity index (χ0v) is 13.7. The largest absolute Gasteiger partial charge is 0.310 e. The van der Waals surface area contributed by atoms with E-state index in [2.05, 4.69) is 62.5 Å². The zero-order chi connectivity index (χ0) is 15.0. The van der Waals surface area contributed by atoms with Crippen LogP contribution in [0.15, 0.2) is 36.4 Å². The number of nitrogens with one attached hydrogen (secondary N) is 1. The van der Waals surface area contributed by atoms with Gasteiger partial charge >= 0.3 is 0 Å². The number of aryl methyl sites for hydroxylation is 2. The maximum atomic E-state index is 6.26. The monoisotopic (exact) mass is 299 g/mol. The van der Waals surface area contributed by atoms with Crippen molar-refractivity contribution in [3.63, 3.8) is 0 Å². The lowest BCUT2D eigenvalue weighted by atomic mass is 9.71. The Kier molecular flexibility index (Phi) is 4.05. The number of hydrogen-bond acceptors (Lipinski definition) is 1. The van der Waals surface area contributed by atoms with E-state index in [9.17, 15) is 0 Å². The van der Waals surface area contributed by atoms with Crippen LogP contribution in [0.2, 0.25) is 5.02 Å². The second-order valence-corrected chi connectivity index (χ2v) is 6.41. The molecule has 2 heteroatoms. The fourth-order valence-corrected chi connectivity index (χ4v) is 3.64. The van der Waals surface area contributed by atoms with E-state index in [1.54, 1.807) is 0 Å². The zero-order valence-electron chi connectivity index (χ0n) is 12.9. The Bertz CT molecular complexity index is 663. The van der Waals surface area contributed by atoms with Gasteiger partial charge < -0.3 is 5.32 Å². The molecule has 0 saturated carbocycles. The van der Waals surface area contributed by atoms with Gasteiger partial charge in [-0.05, 0) is 60.7 Å². The van der Waals surface area contributed by atoms with Crippen LogP contribution in [0.5, 0.6) is 0 Å². The molecule has 1 N–H and O–H groups in total. The van der Waals surface area contributed by atoms with E-state index < -0.39 is 0 Å². The Morgan fingerprint density at radius 1 is 1.19 bits per heavy atom. The Morgan fingerprint density at radius 3 is 2.67 bits per heavy atom. The number of hydrogen-bond donors (Lipinski definition) is 1. The molecule has 1 nitrogen and oxygen atoms in total. The van der Waals surface area contributed by atoms with Gasteiger partial charge in [0.05, 0.1) is 0 Å². The first kappa shape index (κ1) is 14.6. The molecule has 0 fully saturated rings. The lowest BCUT2D eigenvalue weighted by molar-refractivity contribution is 0.418. The van der Waals surface area contributed by atoms with Gasteiger partial charge in [0.15, 0.2) is 0 Å². The van der Waals surface area contributed by atoms with Crippen LogP contribution >= 0.6 is 11.6 Å². The topological polar surface area (TPSA) is 12.0 Å². The van der Waals surface area contributed by atoms with Crippen LogP contribution in [0.4, 0.5) is 0 Å². The van der Waals surface area contributed by atoms with E-state index in [-0.39, 0.29) is 0 Å². The van der Waals surface area contributed by atoms with E-state index in [0.29, 0.717) is 12.0 Å². The summed E-state index contributed by atoms with van der Waals surface area (Å²) >= 11 is 6.26. The summed E-state index contributed by atoms with van der Waals surface area (Å²) in [6, 6.07) is 13.5. The summed E-state index contributed by atoms with van der Waals surface area (Å²) < 4.78 is 0. The molecule has 0 aliphatic heterocycles. The molecule has 1 aliphatic rings. The molecule has 0 bridgehead atoms. The highest BCUT2D eigenvalue weighted by molar-refractivity contribution is 6.31. The minimum Gasteiger partial charge on any atom is -0.310 e. The van der Waals surface area contributed by atoms with Gasteiger partial charge in [-0.25, -0.2) is 0 Å². The van der Waals surface area contributed by atoms with Gasteiger partial charge in [-0.15, -0.1) is 0 Å². The summed E-state index contributed by atoms with van der Waals surface area (Å²) in [4.78, 5) is 0. The van der Waals surface area contributed by atoms with Gasteiger partial charge in [-0.2, -0.15) is 0 Å². The highest BCUT2D eigenvalue weighted by Crippen LogP contribution is 2.44. The van der Waals surface area contributed by atoms with Gasteiger partial charge in [-0.3, -0.25) is 0 Å². The number of rotatable bonds is 4. The molecule has 2 aromatic rings. The number of likely N-dealkylation sites (N-methyl/N-ethyl adjacent to an activating group) is 1. The Hall–Kier alpha value is -1.31. The Labute approximate surface area is 132 Å². The van der Waals surface area contributed by atoms with Crippen LogP contribution < -0.4 is 5.32 Å². The second kappa shape index (κ2) is 5.82. The van der Waals surface area contributed by atoms with E-state index in [0.717, 1.165) is 23.6 Å². The van der Waals surface area contributed by atoms with Crippen LogP contribution in [-0.4, -0.2) is 6.54 Å². The molecule has 0 radical (unpaired) electrons. The van der Waals surface area contributed by atoms with Crippen molar-refractivity contribution in [1.82, 2.24) is 5.32 Å². The molecule has 0 saturated heterocycles. The molecule has 110 valence electrons. The first-order chi connectivity index (χ1) is 10.1. The number of benzene rings is 2. The predicted molar refractivity (Wildman–Crippen MR) is 90.2 cm³/mol. The van der Waals surface area contributed by atoms with Crippen molar-refractivity contribution in [3.8, 4) is 0 Å². The average Bonchev–Trinajstić information content (AvgIpc) is 2.43. The van der Waals surface area contributed by atoms with Crippen molar-refractivity contribution >= 4 is 11.6 Å². The van der Waals surface area contributed by atoms with Crippen LogP contribution in [0.3, 0.4) is 0 Å². The van der Waals surface area contributed by atoms with E-state index in [1.807, 2.05) is 0 Å². The Balaban J connectivity index is 1.99. The van der Waals surface area contributed by atoms with Crippen LogP contribution in [0.1, 0.15) is 46.7 Å². The molecule has 0 amide bonds. The van der Waals surface area contributed by atoms with Gasteiger partial charge in [0.2, 0.25) is 0 Å². The van der Waals surface area contributed by atoms with Gasteiger partial charge in [0, 0.05) is 17.0 Å². The third kappa shape index (κ3) is 2.61. The molecule has 0 aromatic heterocycles. The van der Waals surface area contributed by atoms with Crippen LogP contribution in [0.25, 0.3) is 0 Å². The summed E-state index contributed by atoms with van der Waals surface area (Å²) in [5, 5.41) is 4.55. The minimum atomic E-state index is 0.376. The average molecular weight is 300 g/mol. The summed E-state index contributed by atoms with van der Waals surface area (Å²) in [5.74, 6) is 0.570. The molecule has 0 spiro atoms. The summed E-state index contributed by atoms with van der Waals surface area (Å²) in [6.45, 7) is 7.40. The molecule has 21 heavy (non-hydrogen) atoms. The molecule has 1 aliphatic carbocycles. The first-order valence-corrected chi connectivity index (χ1v) is 8.07. The standard InChI is InChI=1S/C19H22ClN/c1-4-21-19(16-9-13(3)18(20)10-12(16)2)17-11-14-7-5-6-8-15(14)17/h5-10,17,19,21H,4,11H2,1-3H3. The summed E-state index contributed by atoms with van der Waals surface area (Å²) in [6.07, 6.45) is 1.16. The molecule has 3 rings (SSSR count). The third-order valence-electron chi connectivity index (χ3n) is 4.60. The third-order valence-corrected chi connectivity index (χ3v) is 5.01. The fraction of sp³-hybridized carbons (Fsp3) is 0.368. The highest BCUT2D eigenvalue weighted by Gasteiger charge is 2.33. The highest BCUT2D eigenvalue weighted by atomic mass is 35.5. The summed E-state index contributed by atoms with van der Waals surface area (Å²) in [5.41, 5.74) is 6.82. The van der Waals surface area contributed by atoms with Crippen molar-refractivity contribution in [3.05, 3.63) is 69.2 Å². The molecule has 2 aromatic carbocycles. The fourth-order valence-electron chi connectivity index (χ4n) is 3.42. The minimum absolute atomic E-state index is 0.376.